The summed E-state index contributed by atoms with van der Waals surface area (Å²) < 4.78 is 2.03. The van der Waals surface area contributed by atoms with Gasteiger partial charge >= 0.3 is 0 Å². The molecule has 0 radical (unpaired) electrons. The summed E-state index contributed by atoms with van der Waals surface area (Å²) in [5.41, 5.74) is 2.99. The van der Waals surface area contributed by atoms with Crippen LogP contribution in [0.2, 0.25) is 0 Å². The molecule has 0 atom stereocenters. The molecule has 2 aromatic rings. The maximum Gasteiger partial charge on any atom is 0.267 e. The van der Waals surface area contributed by atoms with Crippen molar-refractivity contribution >= 4 is 5.91 Å². The van der Waals surface area contributed by atoms with E-state index in [1.807, 2.05) is 28.8 Å². The Hall–Kier alpha value is -2.07. The SMILES string of the molecule is CCn1cc(-c2ccccc2)cc1C(=O)NCCCN1CCCC1. The van der Waals surface area contributed by atoms with Crippen LogP contribution in [0.5, 0.6) is 0 Å². The van der Waals surface area contributed by atoms with E-state index in [0.29, 0.717) is 0 Å². The number of nitrogens with one attached hydrogen (secondary N) is 1. The van der Waals surface area contributed by atoms with Crippen molar-refractivity contribution in [3.05, 3.63) is 48.3 Å². The van der Waals surface area contributed by atoms with Gasteiger partial charge in [0.1, 0.15) is 5.69 Å². The number of hydrogen-bond donors (Lipinski definition) is 1. The number of amides is 1. The van der Waals surface area contributed by atoms with E-state index in [0.717, 1.165) is 42.9 Å². The molecule has 1 N–H and O–H groups in total. The van der Waals surface area contributed by atoms with Crippen LogP contribution < -0.4 is 5.32 Å². The van der Waals surface area contributed by atoms with Gasteiger partial charge in [0.25, 0.3) is 5.91 Å². The van der Waals surface area contributed by atoms with Crippen molar-refractivity contribution in [2.75, 3.05) is 26.2 Å². The van der Waals surface area contributed by atoms with E-state index in [4.69, 9.17) is 0 Å². The van der Waals surface area contributed by atoms with Gasteiger partial charge in [-0.15, -0.1) is 0 Å². The highest BCUT2D eigenvalue weighted by Gasteiger charge is 2.14. The van der Waals surface area contributed by atoms with E-state index in [2.05, 4.69) is 35.5 Å². The average Bonchev–Trinajstić information content (AvgIpc) is 3.28. The molecule has 0 unspecified atom stereocenters. The summed E-state index contributed by atoms with van der Waals surface area (Å²) in [5.74, 6) is 0.0282. The zero-order chi connectivity index (χ0) is 16.8. The number of hydrogen-bond acceptors (Lipinski definition) is 2. The lowest BCUT2D eigenvalue weighted by molar-refractivity contribution is 0.0943. The van der Waals surface area contributed by atoms with E-state index in [1.165, 1.54) is 25.9 Å². The maximum atomic E-state index is 12.5. The molecule has 0 bridgehead atoms. The van der Waals surface area contributed by atoms with Gasteiger partial charge in [-0.2, -0.15) is 0 Å². The van der Waals surface area contributed by atoms with Gasteiger partial charge in [-0.3, -0.25) is 4.79 Å². The second-order valence-corrected chi connectivity index (χ2v) is 6.42. The zero-order valence-corrected chi connectivity index (χ0v) is 14.5. The lowest BCUT2D eigenvalue weighted by atomic mass is 10.1. The Labute approximate surface area is 144 Å². The number of aryl methyl sites for hydroxylation is 1. The third kappa shape index (κ3) is 4.06. The van der Waals surface area contributed by atoms with Crippen LogP contribution in [-0.4, -0.2) is 41.6 Å². The summed E-state index contributed by atoms with van der Waals surface area (Å²) >= 11 is 0. The number of carbonyl (C=O) groups excluding carboxylic acids is 1. The van der Waals surface area contributed by atoms with Crippen LogP contribution in [0.1, 0.15) is 36.7 Å². The van der Waals surface area contributed by atoms with Crippen molar-refractivity contribution in [1.29, 1.82) is 0 Å². The Morgan fingerprint density at radius 3 is 2.58 bits per heavy atom. The lowest BCUT2D eigenvalue weighted by Crippen LogP contribution is -2.29. The van der Waals surface area contributed by atoms with Gasteiger partial charge in [0.2, 0.25) is 0 Å². The normalized spacial score (nSPS) is 14.9. The van der Waals surface area contributed by atoms with Crippen molar-refractivity contribution in [2.24, 2.45) is 0 Å². The highest BCUT2D eigenvalue weighted by Crippen LogP contribution is 2.22. The number of benzene rings is 1. The largest absolute Gasteiger partial charge is 0.351 e. The van der Waals surface area contributed by atoms with E-state index in [1.54, 1.807) is 0 Å². The number of nitrogens with zero attached hydrogens (tertiary/aromatic N) is 2. The summed E-state index contributed by atoms with van der Waals surface area (Å²) in [6.07, 6.45) is 5.72. The Morgan fingerprint density at radius 2 is 1.88 bits per heavy atom. The van der Waals surface area contributed by atoms with Crippen molar-refractivity contribution in [3.63, 3.8) is 0 Å². The summed E-state index contributed by atoms with van der Waals surface area (Å²) in [6.45, 7) is 7.12. The highest BCUT2D eigenvalue weighted by molar-refractivity contribution is 5.94. The van der Waals surface area contributed by atoms with E-state index in [9.17, 15) is 4.79 Å². The number of aromatic nitrogens is 1. The molecule has 1 aromatic carbocycles. The van der Waals surface area contributed by atoms with Crippen LogP contribution in [-0.2, 0) is 6.54 Å². The molecule has 4 heteroatoms. The van der Waals surface area contributed by atoms with Gasteiger partial charge in [0.05, 0.1) is 0 Å². The maximum absolute atomic E-state index is 12.5. The predicted molar refractivity (Wildman–Crippen MR) is 98.2 cm³/mol. The topological polar surface area (TPSA) is 37.3 Å². The quantitative estimate of drug-likeness (QED) is 0.792. The minimum absolute atomic E-state index is 0.0282. The Morgan fingerprint density at radius 1 is 1.12 bits per heavy atom. The molecule has 24 heavy (non-hydrogen) atoms. The van der Waals surface area contributed by atoms with E-state index in [-0.39, 0.29) is 5.91 Å². The van der Waals surface area contributed by atoms with Crippen molar-refractivity contribution in [2.45, 2.75) is 32.7 Å². The summed E-state index contributed by atoms with van der Waals surface area (Å²) in [7, 11) is 0. The first-order chi connectivity index (χ1) is 11.8. The van der Waals surface area contributed by atoms with Crippen molar-refractivity contribution in [3.8, 4) is 11.1 Å². The van der Waals surface area contributed by atoms with Crippen molar-refractivity contribution < 1.29 is 4.79 Å². The van der Waals surface area contributed by atoms with Crippen LogP contribution in [0.4, 0.5) is 0 Å². The number of carbonyl (C=O) groups is 1. The smallest absolute Gasteiger partial charge is 0.267 e. The molecule has 0 aliphatic carbocycles. The first-order valence-electron chi connectivity index (χ1n) is 9.04. The number of likely N-dealkylation sites (tertiary alicyclic amines) is 1. The summed E-state index contributed by atoms with van der Waals surface area (Å²) in [4.78, 5) is 15.0. The van der Waals surface area contributed by atoms with E-state index < -0.39 is 0 Å². The van der Waals surface area contributed by atoms with Gasteiger partial charge in [-0.25, -0.2) is 0 Å². The second kappa shape index (κ2) is 8.15. The molecular weight excluding hydrogens is 298 g/mol. The first-order valence-corrected chi connectivity index (χ1v) is 9.04. The lowest BCUT2D eigenvalue weighted by Gasteiger charge is -2.14. The molecule has 0 spiro atoms. The third-order valence-corrected chi connectivity index (χ3v) is 4.71. The molecule has 1 amide bonds. The summed E-state index contributed by atoms with van der Waals surface area (Å²) in [5, 5.41) is 3.08. The molecule has 4 nitrogen and oxygen atoms in total. The van der Waals surface area contributed by atoms with Gasteiger partial charge in [-0.05, 0) is 57.5 Å². The van der Waals surface area contributed by atoms with Crippen LogP contribution >= 0.6 is 0 Å². The monoisotopic (exact) mass is 325 g/mol. The van der Waals surface area contributed by atoms with Gasteiger partial charge in [0.15, 0.2) is 0 Å². The van der Waals surface area contributed by atoms with Crippen LogP contribution in [0.3, 0.4) is 0 Å². The molecule has 2 heterocycles. The summed E-state index contributed by atoms with van der Waals surface area (Å²) in [6, 6.07) is 12.2. The molecule has 1 aromatic heterocycles. The fourth-order valence-electron chi connectivity index (χ4n) is 3.35. The molecule has 1 fully saturated rings. The Balaban J connectivity index is 1.58. The fourth-order valence-corrected chi connectivity index (χ4v) is 3.35. The van der Waals surface area contributed by atoms with E-state index >= 15 is 0 Å². The molecule has 0 saturated carbocycles. The minimum Gasteiger partial charge on any atom is -0.351 e. The molecule has 3 rings (SSSR count). The second-order valence-electron chi connectivity index (χ2n) is 6.42. The first kappa shape index (κ1) is 16.8. The predicted octanol–water partition coefficient (Wildman–Crippen LogP) is 3.39. The van der Waals surface area contributed by atoms with Gasteiger partial charge in [0, 0.05) is 24.8 Å². The van der Waals surface area contributed by atoms with Gasteiger partial charge < -0.3 is 14.8 Å². The Kier molecular flexibility index (Phi) is 5.70. The highest BCUT2D eigenvalue weighted by atomic mass is 16.1. The van der Waals surface area contributed by atoms with Crippen LogP contribution in [0.15, 0.2) is 42.6 Å². The molecule has 128 valence electrons. The Bertz CT molecular complexity index is 657. The van der Waals surface area contributed by atoms with Gasteiger partial charge in [-0.1, -0.05) is 30.3 Å². The minimum atomic E-state index is 0.0282. The zero-order valence-electron chi connectivity index (χ0n) is 14.5. The molecule has 1 aliphatic heterocycles. The molecule has 1 aliphatic rings. The van der Waals surface area contributed by atoms with Crippen LogP contribution in [0, 0.1) is 0 Å². The molecule has 1 saturated heterocycles. The standard InChI is InChI=1S/C20H27N3O/c1-2-23-16-18(17-9-4-3-5-10-17)15-19(23)20(24)21-11-8-14-22-12-6-7-13-22/h3-5,9-10,15-16H,2,6-8,11-14H2,1H3,(H,21,24). The average molecular weight is 325 g/mol. The third-order valence-electron chi connectivity index (χ3n) is 4.71. The molecular formula is C20H27N3O. The number of rotatable bonds is 7. The fraction of sp³-hybridized carbons (Fsp3) is 0.450. The van der Waals surface area contributed by atoms with Crippen molar-refractivity contribution in [1.82, 2.24) is 14.8 Å². The van der Waals surface area contributed by atoms with Crippen LogP contribution in [0.25, 0.3) is 11.1 Å².